The number of Topliss-reactive ketones (excluding diaryl/α,β-unsaturated/α-hetero) is 2. The lowest BCUT2D eigenvalue weighted by molar-refractivity contribution is -0.132. The number of rotatable bonds is 3. The van der Waals surface area contributed by atoms with Gasteiger partial charge >= 0.3 is 5.97 Å². The number of carboxylic acids is 1. The second-order valence-electron chi connectivity index (χ2n) is 8.47. The van der Waals surface area contributed by atoms with E-state index < -0.39 is 5.97 Å². The molecule has 0 heterocycles. The van der Waals surface area contributed by atoms with Gasteiger partial charge in [-0.3, -0.25) is 9.59 Å². The molecule has 0 aromatic carbocycles. The Bertz CT molecular complexity index is 739. The quantitative estimate of drug-likeness (QED) is 0.606. The van der Waals surface area contributed by atoms with E-state index in [1.807, 2.05) is 13.0 Å². The topological polar surface area (TPSA) is 71.4 Å². The molecule has 0 bridgehead atoms. The molecule has 4 nitrogen and oxygen atoms in total. The van der Waals surface area contributed by atoms with Gasteiger partial charge in [-0.2, -0.15) is 0 Å². The van der Waals surface area contributed by atoms with Crippen LogP contribution in [0.2, 0.25) is 0 Å². The van der Waals surface area contributed by atoms with Crippen LogP contribution in [0.15, 0.2) is 34.9 Å². The normalized spacial score (nSPS) is 36.9. The van der Waals surface area contributed by atoms with Crippen molar-refractivity contribution in [2.75, 3.05) is 0 Å². The zero-order valence-electron chi connectivity index (χ0n) is 15.9. The second-order valence-corrected chi connectivity index (χ2v) is 8.47. The van der Waals surface area contributed by atoms with Crippen molar-refractivity contribution in [3.05, 3.63) is 34.9 Å². The number of hydrogen-bond donors (Lipinski definition) is 1. The average Bonchev–Trinajstić information content (AvgIpc) is 2.85. The molecule has 3 rings (SSSR count). The summed E-state index contributed by atoms with van der Waals surface area (Å²) >= 11 is 0. The molecule has 0 aromatic heterocycles. The molecule has 0 unspecified atom stereocenters. The summed E-state index contributed by atoms with van der Waals surface area (Å²) in [4.78, 5) is 35.6. The number of allylic oxidation sites excluding steroid dienone is 5. The zero-order valence-corrected chi connectivity index (χ0v) is 15.9. The van der Waals surface area contributed by atoms with Crippen LogP contribution >= 0.6 is 0 Å². The van der Waals surface area contributed by atoms with Gasteiger partial charge in [0.2, 0.25) is 0 Å². The summed E-state index contributed by atoms with van der Waals surface area (Å²) in [6, 6.07) is 0. The second kappa shape index (κ2) is 6.98. The first-order valence-electron chi connectivity index (χ1n) is 9.58. The number of aliphatic carboxylic acids is 1. The third kappa shape index (κ3) is 3.22. The fourth-order valence-electron chi connectivity index (χ4n) is 5.57. The molecule has 3 aliphatic rings. The van der Waals surface area contributed by atoms with Gasteiger partial charge in [0.1, 0.15) is 5.78 Å². The highest BCUT2D eigenvalue weighted by atomic mass is 16.4. The molecule has 0 radical (unpaired) electrons. The van der Waals surface area contributed by atoms with Crippen molar-refractivity contribution in [2.45, 2.75) is 59.3 Å². The van der Waals surface area contributed by atoms with Crippen molar-refractivity contribution in [1.29, 1.82) is 0 Å². The summed E-state index contributed by atoms with van der Waals surface area (Å²) in [5.74, 6) is 0.966. The molecule has 3 saturated carbocycles. The maximum atomic E-state index is 12.9. The average molecular weight is 356 g/mol. The van der Waals surface area contributed by atoms with Crippen molar-refractivity contribution in [3.63, 3.8) is 0 Å². The Morgan fingerprint density at radius 3 is 2.62 bits per heavy atom. The van der Waals surface area contributed by atoms with E-state index in [1.165, 1.54) is 0 Å². The summed E-state index contributed by atoms with van der Waals surface area (Å²) in [7, 11) is 0. The SMILES string of the molecule is C\C(=C/C=C/C(C)=C1/C(=O)C[C@H]2[C@H]3CCC(=O)C[C@@H]3CC[C@]12C)C(=O)O. The molecule has 0 amide bonds. The fourth-order valence-corrected chi connectivity index (χ4v) is 5.57. The van der Waals surface area contributed by atoms with Crippen LogP contribution in [0.5, 0.6) is 0 Å². The molecule has 4 atom stereocenters. The Morgan fingerprint density at radius 1 is 1.19 bits per heavy atom. The highest BCUT2D eigenvalue weighted by molar-refractivity contribution is 6.00. The van der Waals surface area contributed by atoms with Gasteiger partial charge in [-0.25, -0.2) is 4.79 Å². The minimum atomic E-state index is -0.936. The highest BCUT2D eigenvalue weighted by Crippen LogP contribution is 2.60. The summed E-state index contributed by atoms with van der Waals surface area (Å²) in [5.41, 5.74) is 2.03. The third-order valence-corrected chi connectivity index (χ3v) is 6.90. The van der Waals surface area contributed by atoms with Gasteiger partial charge in [-0.1, -0.05) is 25.2 Å². The van der Waals surface area contributed by atoms with Gasteiger partial charge in [0.15, 0.2) is 5.78 Å². The Morgan fingerprint density at radius 2 is 1.92 bits per heavy atom. The molecule has 0 spiro atoms. The first kappa shape index (κ1) is 18.8. The maximum Gasteiger partial charge on any atom is 0.331 e. The molecule has 1 N–H and O–H groups in total. The Kier molecular flexibility index (Phi) is 5.05. The van der Waals surface area contributed by atoms with Crippen LogP contribution in [0, 0.1) is 23.2 Å². The van der Waals surface area contributed by atoms with E-state index in [-0.39, 0.29) is 16.8 Å². The van der Waals surface area contributed by atoms with Gasteiger partial charge in [0, 0.05) is 30.4 Å². The summed E-state index contributed by atoms with van der Waals surface area (Å²) in [6.07, 6.45) is 10.0. The van der Waals surface area contributed by atoms with E-state index in [1.54, 1.807) is 19.1 Å². The minimum Gasteiger partial charge on any atom is -0.478 e. The standard InChI is InChI=1S/C22H28O4/c1-13(5-4-6-14(2)21(25)26)20-19(24)12-18-17-8-7-16(23)11-15(17)9-10-22(18,20)3/h4-6,15,17-18H,7-12H2,1-3H3,(H,25,26)/b5-4+,14-6+,20-13-/t15-,17-,18-,22-/m0/s1. The molecular weight excluding hydrogens is 328 g/mol. The summed E-state index contributed by atoms with van der Waals surface area (Å²) in [6.45, 7) is 5.73. The van der Waals surface area contributed by atoms with Crippen molar-refractivity contribution < 1.29 is 19.5 Å². The van der Waals surface area contributed by atoms with Gasteiger partial charge in [0.05, 0.1) is 0 Å². The van der Waals surface area contributed by atoms with E-state index >= 15 is 0 Å². The van der Waals surface area contributed by atoms with Crippen LogP contribution in [0.3, 0.4) is 0 Å². The zero-order chi connectivity index (χ0) is 19.1. The van der Waals surface area contributed by atoms with Crippen LogP contribution in [-0.4, -0.2) is 22.6 Å². The Balaban J connectivity index is 1.89. The van der Waals surface area contributed by atoms with E-state index in [4.69, 9.17) is 5.11 Å². The molecule has 140 valence electrons. The van der Waals surface area contributed by atoms with Crippen molar-refractivity contribution in [1.82, 2.24) is 0 Å². The van der Waals surface area contributed by atoms with Crippen LogP contribution in [0.4, 0.5) is 0 Å². The monoisotopic (exact) mass is 356 g/mol. The number of carbonyl (C=O) groups excluding carboxylic acids is 2. The number of fused-ring (bicyclic) bond motifs is 3. The predicted octanol–water partition coefficient (Wildman–Crippen LogP) is 4.26. The van der Waals surface area contributed by atoms with E-state index in [0.29, 0.717) is 42.8 Å². The molecule has 26 heavy (non-hydrogen) atoms. The van der Waals surface area contributed by atoms with Crippen LogP contribution in [0.25, 0.3) is 0 Å². The molecule has 0 aromatic rings. The van der Waals surface area contributed by atoms with Crippen LogP contribution < -0.4 is 0 Å². The molecular formula is C22H28O4. The number of hydrogen-bond acceptors (Lipinski definition) is 3. The van der Waals surface area contributed by atoms with E-state index in [2.05, 4.69) is 6.92 Å². The molecule has 0 aliphatic heterocycles. The Hall–Kier alpha value is -1.97. The first-order valence-corrected chi connectivity index (χ1v) is 9.58. The van der Waals surface area contributed by atoms with Crippen LogP contribution in [0.1, 0.15) is 59.3 Å². The lowest BCUT2D eigenvalue weighted by atomic mass is 9.55. The molecule has 4 heteroatoms. The van der Waals surface area contributed by atoms with E-state index in [9.17, 15) is 14.4 Å². The fraction of sp³-hybridized carbons (Fsp3) is 0.591. The van der Waals surface area contributed by atoms with Gasteiger partial charge in [-0.15, -0.1) is 0 Å². The van der Waals surface area contributed by atoms with E-state index in [0.717, 1.165) is 30.4 Å². The molecule has 3 fully saturated rings. The third-order valence-electron chi connectivity index (χ3n) is 6.90. The predicted molar refractivity (Wildman–Crippen MR) is 99.5 cm³/mol. The maximum absolute atomic E-state index is 12.9. The van der Waals surface area contributed by atoms with Crippen molar-refractivity contribution >= 4 is 17.5 Å². The molecule has 0 saturated heterocycles. The minimum absolute atomic E-state index is 0.112. The van der Waals surface area contributed by atoms with Gasteiger partial charge in [-0.05, 0) is 61.9 Å². The van der Waals surface area contributed by atoms with Gasteiger partial charge in [0.25, 0.3) is 0 Å². The van der Waals surface area contributed by atoms with Crippen molar-refractivity contribution in [3.8, 4) is 0 Å². The molecule has 3 aliphatic carbocycles. The number of carbonyl (C=O) groups is 3. The largest absolute Gasteiger partial charge is 0.478 e. The first-order chi connectivity index (χ1) is 12.2. The lowest BCUT2D eigenvalue weighted by Crippen LogP contribution is -2.42. The van der Waals surface area contributed by atoms with Crippen molar-refractivity contribution in [2.24, 2.45) is 23.2 Å². The van der Waals surface area contributed by atoms with Gasteiger partial charge < -0.3 is 5.11 Å². The summed E-state index contributed by atoms with van der Waals surface area (Å²) in [5, 5.41) is 8.93. The highest BCUT2D eigenvalue weighted by Gasteiger charge is 2.55. The Labute approximate surface area is 155 Å². The smallest absolute Gasteiger partial charge is 0.331 e. The number of carboxylic acid groups (broad SMARTS) is 1. The number of ketones is 2. The lowest BCUT2D eigenvalue weighted by Gasteiger charge is -2.48. The summed E-state index contributed by atoms with van der Waals surface area (Å²) < 4.78 is 0. The van der Waals surface area contributed by atoms with Crippen LogP contribution in [-0.2, 0) is 14.4 Å².